The molecule has 3 aromatic rings. The molecule has 3 rings (SSSR count). The van der Waals surface area contributed by atoms with Gasteiger partial charge in [0.05, 0.1) is 22.6 Å². The maximum atomic E-state index is 12.2. The van der Waals surface area contributed by atoms with Gasteiger partial charge in [0, 0.05) is 18.1 Å². The molecule has 0 aliphatic carbocycles. The first-order chi connectivity index (χ1) is 9.52. The molecule has 0 aliphatic rings. The van der Waals surface area contributed by atoms with Crippen molar-refractivity contribution in [1.29, 1.82) is 0 Å². The largest absolute Gasteiger partial charge is 0.300 e. The van der Waals surface area contributed by atoms with Crippen molar-refractivity contribution in [3.63, 3.8) is 0 Å². The normalized spacial score (nSPS) is 11.2. The summed E-state index contributed by atoms with van der Waals surface area (Å²) in [6, 6.07) is 1.88. The average molecular weight is 269 g/mol. The fraction of sp³-hybridized carbons (Fsp3) is 0.214. The topological polar surface area (TPSA) is 79.4 Å². The average Bonchev–Trinajstić information content (AvgIpc) is 2.92. The van der Waals surface area contributed by atoms with E-state index in [4.69, 9.17) is 0 Å². The molecule has 0 bridgehead atoms. The third-order valence-electron chi connectivity index (χ3n) is 3.43. The van der Waals surface area contributed by atoms with Crippen LogP contribution < -0.4 is 5.56 Å². The van der Waals surface area contributed by atoms with E-state index in [1.807, 2.05) is 19.9 Å². The van der Waals surface area contributed by atoms with Crippen molar-refractivity contribution in [3.05, 3.63) is 40.1 Å². The van der Waals surface area contributed by atoms with Gasteiger partial charge in [-0.25, -0.2) is 0 Å². The minimum atomic E-state index is -0.0857. The van der Waals surface area contributed by atoms with Crippen LogP contribution >= 0.6 is 0 Å². The molecule has 6 nitrogen and oxygen atoms in total. The molecule has 0 amide bonds. The SMILES string of the molecule is C=Cc1[nH]nc2c(C)nc(-c3c(C)[nH]n(C)c3=O)cc12. The monoisotopic (exact) mass is 269 g/mol. The number of nitrogens with zero attached hydrogens (tertiary/aromatic N) is 3. The predicted molar refractivity (Wildman–Crippen MR) is 78.5 cm³/mol. The van der Waals surface area contributed by atoms with Gasteiger partial charge in [0.2, 0.25) is 0 Å². The molecule has 0 unspecified atom stereocenters. The Balaban J connectivity index is 2.37. The summed E-state index contributed by atoms with van der Waals surface area (Å²) in [7, 11) is 1.69. The Bertz CT molecular complexity index is 881. The number of hydrogen-bond donors (Lipinski definition) is 2. The van der Waals surface area contributed by atoms with Gasteiger partial charge in [-0.3, -0.25) is 24.7 Å². The Labute approximate surface area is 115 Å². The summed E-state index contributed by atoms with van der Waals surface area (Å²) in [6.45, 7) is 7.50. The van der Waals surface area contributed by atoms with Gasteiger partial charge in [-0.05, 0) is 26.0 Å². The van der Waals surface area contributed by atoms with E-state index in [2.05, 4.69) is 26.9 Å². The van der Waals surface area contributed by atoms with Gasteiger partial charge >= 0.3 is 0 Å². The third-order valence-corrected chi connectivity index (χ3v) is 3.43. The second-order valence-corrected chi connectivity index (χ2v) is 4.81. The molecule has 3 aromatic heterocycles. The molecule has 2 N–H and O–H groups in total. The first kappa shape index (κ1) is 12.4. The Morgan fingerprint density at radius 3 is 2.75 bits per heavy atom. The predicted octanol–water partition coefficient (Wildman–Crippen LogP) is 1.91. The van der Waals surface area contributed by atoms with Crippen LogP contribution in [0.1, 0.15) is 17.1 Å². The molecular weight excluding hydrogens is 254 g/mol. The smallest absolute Gasteiger partial charge is 0.275 e. The van der Waals surface area contributed by atoms with Crippen molar-refractivity contribution < 1.29 is 0 Å². The van der Waals surface area contributed by atoms with Crippen LogP contribution in [0.3, 0.4) is 0 Å². The van der Waals surface area contributed by atoms with Crippen molar-refractivity contribution in [1.82, 2.24) is 25.0 Å². The fourth-order valence-electron chi connectivity index (χ4n) is 2.46. The van der Waals surface area contributed by atoms with Crippen molar-refractivity contribution in [2.75, 3.05) is 0 Å². The highest BCUT2D eigenvalue weighted by molar-refractivity contribution is 5.90. The number of aryl methyl sites for hydroxylation is 3. The van der Waals surface area contributed by atoms with E-state index < -0.39 is 0 Å². The molecule has 0 radical (unpaired) electrons. The van der Waals surface area contributed by atoms with E-state index in [-0.39, 0.29) is 5.56 Å². The van der Waals surface area contributed by atoms with Gasteiger partial charge in [0.15, 0.2) is 0 Å². The van der Waals surface area contributed by atoms with Crippen LogP contribution in [-0.2, 0) is 7.05 Å². The van der Waals surface area contributed by atoms with Crippen molar-refractivity contribution in [3.8, 4) is 11.3 Å². The molecule has 0 spiro atoms. The zero-order valence-corrected chi connectivity index (χ0v) is 11.6. The van der Waals surface area contributed by atoms with Crippen molar-refractivity contribution in [2.24, 2.45) is 7.05 Å². The van der Waals surface area contributed by atoms with Gasteiger partial charge in [0.1, 0.15) is 5.52 Å². The molecule has 0 saturated heterocycles. The van der Waals surface area contributed by atoms with Crippen LogP contribution in [0.2, 0.25) is 0 Å². The summed E-state index contributed by atoms with van der Waals surface area (Å²) >= 11 is 0. The first-order valence-electron chi connectivity index (χ1n) is 6.27. The zero-order chi connectivity index (χ0) is 14.4. The second kappa shape index (κ2) is 4.19. The summed E-state index contributed by atoms with van der Waals surface area (Å²) < 4.78 is 1.45. The van der Waals surface area contributed by atoms with E-state index in [1.165, 1.54) is 4.68 Å². The standard InChI is InChI=1S/C14H15N5O/c1-5-10-9-6-11(15-8(3)13(9)17-16-10)12-7(2)18-19(4)14(12)20/h5-6,18H,1H2,2-4H3,(H,16,17). The van der Waals surface area contributed by atoms with E-state index in [0.29, 0.717) is 11.3 Å². The highest BCUT2D eigenvalue weighted by Crippen LogP contribution is 2.25. The number of nitrogens with one attached hydrogen (secondary N) is 2. The highest BCUT2D eigenvalue weighted by atomic mass is 16.1. The zero-order valence-electron chi connectivity index (χ0n) is 11.6. The summed E-state index contributed by atoms with van der Waals surface area (Å²) in [5, 5.41) is 11.0. The molecule has 20 heavy (non-hydrogen) atoms. The summed E-state index contributed by atoms with van der Waals surface area (Å²) in [5.74, 6) is 0. The molecule has 0 saturated carbocycles. The van der Waals surface area contributed by atoms with Crippen LogP contribution in [0.4, 0.5) is 0 Å². The van der Waals surface area contributed by atoms with Crippen LogP contribution in [-0.4, -0.2) is 25.0 Å². The van der Waals surface area contributed by atoms with Gasteiger partial charge in [-0.15, -0.1) is 0 Å². The van der Waals surface area contributed by atoms with Gasteiger partial charge < -0.3 is 0 Å². The number of fused-ring (bicyclic) bond motifs is 1. The lowest BCUT2D eigenvalue weighted by molar-refractivity contribution is 0.731. The minimum absolute atomic E-state index is 0.0857. The number of pyridine rings is 1. The highest BCUT2D eigenvalue weighted by Gasteiger charge is 2.16. The van der Waals surface area contributed by atoms with Gasteiger partial charge in [0.25, 0.3) is 5.56 Å². The number of aromatic amines is 2. The van der Waals surface area contributed by atoms with Gasteiger partial charge in [-0.1, -0.05) is 6.58 Å². The lowest BCUT2D eigenvalue weighted by atomic mass is 10.1. The third kappa shape index (κ3) is 1.61. The Hall–Kier alpha value is -2.63. The van der Waals surface area contributed by atoms with E-state index in [1.54, 1.807) is 13.1 Å². The lowest BCUT2D eigenvalue weighted by Crippen LogP contribution is -2.13. The molecule has 0 atom stereocenters. The second-order valence-electron chi connectivity index (χ2n) is 4.81. The van der Waals surface area contributed by atoms with E-state index >= 15 is 0 Å². The maximum Gasteiger partial charge on any atom is 0.275 e. The number of hydrogen-bond acceptors (Lipinski definition) is 3. The van der Waals surface area contributed by atoms with Crippen LogP contribution in [0.25, 0.3) is 28.2 Å². The lowest BCUT2D eigenvalue weighted by Gasteiger charge is -2.01. The minimum Gasteiger partial charge on any atom is -0.300 e. The fourth-order valence-corrected chi connectivity index (χ4v) is 2.46. The number of rotatable bonds is 2. The summed E-state index contributed by atoms with van der Waals surface area (Å²) in [6.07, 6.45) is 1.71. The molecule has 0 aromatic carbocycles. The molecular formula is C14H15N5O. The van der Waals surface area contributed by atoms with E-state index in [0.717, 1.165) is 28.0 Å². The number of H-pyrrole nitrogens is 2. The summed E-state index contributed by atoms with van der Waals surface area (Å²) in [5.41, 5.74) is 4.37. The Kier molecular flexibility index (Phi) is 2.60. The Morgan fingerprint density at radius 1 is 1.40 bits per heavy atom. The molecule has 3 heterocycles. The molecule has 6 heteroatoms. The van der Waals surface area contributed by atoms with Crippen molar-refractivity contribution in [2.45, 2.75) is 13.8 Å². The quantitative estimate of drug-likeness (QED) is 0.745. The van der Waals surface area contributed by atoms with Crippen LogP contribution in [0.5, 0.6) is 0 Å². The molecule has 0 aliphatic heterocycles. The Morgan fingerprint density at radius 2 is 2.15 bits per heavy atom. The first-order valence-corrected chi connectivity index (χ1v) is 6.27. The molecule has 102 valence electrons. The van der Waals surface area contributed by atoms with Crippen molar-refractivity contribution >= 4 is 17.0 Å². The number of aromatic nitrogens is 5. The van der Waals surface area contributed by atoms with Crippen LogP contribution in [0.15, 0.2) is 17.4 Å². The van der Waals surface area contributed by atoms with Gasteiger partial charge in [-0.2, -0.15) is 5.10 Å². The summed E-state index contributed by atoms with van der Waals surface area (Å²) in [4.78, 5) is 16.7. The van der Waals surface area contributed by atoms with Crippen LogP contribution in [0, 0.1) is 13.8 Å². The van der Waals surface area contributed by atoms with E-state index in [9.17, 15) is 4.79 Å². The maximum absolute atomic E-state index is 12.2. The molecule has 0 fully saturated rings.